The van der Waals surface area contributed by atoms with Crippen LogP contribution < -0.4 is 0 Å². The molecule has 4 atom stereocenters. The van der Waals surface area contributed by atoms with Gasteiger partial charge >= 0.3 is 0 Å². The van der Waals surface area contributed by atoms with Crippen LogP contribution in [0.1, 0.15) is 46.5 Å². The van der Waals surface area contributed by atoms with Crippen LogP contribution >= 0.6 is 0 Å². The van der Waals surface area contributed by atoms with Crippen molar-refractivity contribution in [1.82, 2.24) is 5.06 Å². The fourth-order valence-corrected chi connectivity index (χ4v) is 2.91. The van der Waals surface area contributed by atoms with E-state index in [0.29, 0.717) is 11.5 Å². The van der Waals surface area contributed by atoms with Gasteiger partial charge in [0, 0.05) is 0 Å². The molecule has 1 rings (SSSR count). The van der Waals surface area contributed by atoms with E-state index < -0.39 is 29.4 Å². The molecule has 0 bridgehead atoms. The third-order valence-electron chi connectivity index (χ3n) is 4.45. The van der Waals surface area contributed by atoms with Crippen LogP contribution in [0, 0.1) is 0 Å². The number of aliphatic hydroxyl groups is 4. The highest BCUT2D eigenvalue weighted by atomic mass is 16.7. The first-order chi connectivity index (χ1) is 11.1. The summed E-state index contributed by atoms with van der Waals surface area (Å²) in [6.07, 6.45) is -0.248. The Hall–Kier alpha value is -1.19. The molecular weight excluding hydrogens is 318 g/mol. The van der Waals surface area contributed by atoms with Crippen molar-refractivity contribution in [2.75, 3.05) is 14.2 Å². The molecule has 0 aromatic carbocycles. The Labute approximate surface area is 142 Å². The quantitative estimate of drug-likeness (QED) is 0.435. The van der Waals surface area contributed by atoms with Crippen LogP contribution in [0.4, 0.5) is 0 Å². The van der Waals surface area contributed by atoms with Crippen molar-refractivity contribution in [2.24, 2.45) is 0 Å². The third kappa shape index (κ3) is 3.57. The zero-order valence-electron chi connectivity index (χ0n) is 14.9. The van der Waals surface area contributed by atoms with Gasteiger partial charge in [-0.05, 0) is 20.3 Å². The van der Waals surface area contributed by atoms with Gasteiger partial charge in [0.15, 0.2) is 5.76 Å². The topological polar surface area (TPSA) is 120 Å². The lowest BCUT2D eigenvalue weighted by Gasteiger charge is -2.34. The minimum atomic E-state index is -2.00. The fraction of sp³-hybridized carbons (Fsp3) is 0.812. The highest BCUT2D eigenvalue weighted by molar-refractivity contribution is 5.98. The molecule has 0 spiro atoms. The highest BCUT2D eigenvalue weighted by Crippen LogP contribution is 2.38. The summed E-state index contributed by atoms with van der Waals surface area (Å²) in [6.45, 7) is 4.51. The Morgan fingerprint density at radius 2 is 1.88 bits per heavy atom. The van der Waals surface area contributed by atoms with Crippen LogP contribution in [0.5, 0.6) is 0 Å². The van der Waals surface area contributed by atoms with E-state index in [4.69, 9.17) is 9.57 Å². The van der Waals surface area contributed by atoms with Gasteiger partial charge in [0.2, 0.25) is 5.72 Å². The van der Waals surface area contributed by atoms with Crippen LogP contribution in [-0.2, 0) is 14.4 Å². The lowest BCUT2D eigenvalue weighted by Crippen LogP contribution is -2.52. The van der Waals surface area contributed by atoms with Gasteiger partial charge in [0.25, 0.3) is 5.91 Å². The molecule has 0 saturated heterocycles. The Morgan fingerprint density at radius 3 is 2.33 bits per heavy atom. The van der Waals surface area contributed by atoms with Gasteiger partial charge in [0.05, 0.1) is 25.9 Å². The lowest BCUT2D eigenvalue weighted by molar-refractivity contribution is -0.244. The normalized spacial score (nSPS) is 26.5. The molecule has 0 fully saturated rings. The molecule has 1 heterocycles. The van der Waals surface area contributed by atoms with Crippen LogP contribution in [0.3, 0.4) is 0 Å². The summed E-state index contributed by atoms with van der Waals surface area (Å²) >= 11 is 0. The molecule has 0 aromatic rings. The largest absolute Gasteiger partial charge is 0.495 e. The van der Waals surface area contributed by atoms with E-state index in [1.54, 1.807) is 0 Å². The number of amides is 1. The summed E-state index contributed by atoms with van der Waals surface area (Å²) in [5.74, 6) is -1.07. The van der Waals surface area contributed by atoms with E-state index in [2.05, 4.69) is 0 Å². The minimum absolute atomic E-state index is 0.233. The maximum Gasteiger partial charge on any atom is 0.282 e. The van der Waals surface area contributed by atoms with Crippen molar-refractivity contribution in [3.8, 4) is 0 Å². The highest BCUT2D eigenvalue weighted by Gasteiger charge is 2.55. The maximum atomic E-state index is 12.4. The van der Waals surface area contributed by atoms with E-state index in [0.717, 1.165) is 12.8 Å². The van der Waals surface area contributed by atoms with Crippen molar-refractivity contribution in [1.29, 1.82) is 0 Å². The molecule has 8 heteroatoms. The molecule has 140 valence electrons. The number of hydrogen-bond donors (Lipinski definition) is 4. The smallest absolute Gasteiger partial charge is 0.282 e. The van der Waals surface area contributed by atoms with Crippen LogP contribution in [-0.4, -0.2) is 69.2 Å². The zero-order chi connectivity index (χ0) is 18.7. The van der Waals surface area contributed by atoms with E-state index in [1.807, 2.05) is 6.92 Å². The van der Waals surface area contributed by atoms with Gasteiger partial charge in [-0.3, -0.25) is 9.63 Å². The van der Waals surface area contributed by atoms with Crippen molar-refractivity contribution < 1.29 is 34.8 Å². The van der Waals surface area contributed by atoms with Gasteiger partial charge in [-0.1, -0.05) is 26.2 Å². The first-order valence-corrected chi connectivity index (χ1v) is 8.05. The average Bonchev–Trinajstić information content (AvgIpc) is 2.70. The maximum absolute atomic E-state index is 12.4. The standard InChI is InChI=1S/C16H29NO7/c1-6-7-8-9-10(18)15(2,21)12(19)11-13(23-4)16(3,22)17(24-5)14(11)20/h10,12,18-19,21-22H,6-9H2,1-5H3/t10-,12-,15+,16?/m0/s1. The molecule has 1 aliphatic heterocycles. The Bertz CT molecular complexity index is 487. The number of ether oxygens (including phenoxy) is 1. The summed E-state index contributed by atoms with van der Waals surface area (Å²) in [4.78, 5) is 17.3. The van der Waals surface area contributed by atoms with Gasteiger partial charge < -0.3 is 25.2 Å². The number of nitrogens with zero attached hydrogens (tertiary/aromatic N) is 1. The van der Waals surface area contributed by atoms with Gasteiger partial charge in [-0.2, -0.15) is 5.06 Å². The molecule has 4 N–H and O–H groups in total. The summed E-state index contributed by atoms with van der Waals surface area (Å²) in [7, 11) is 2.42. The predicted octanol–water partition coefficient (Wildman–Crippen LogP) is 0.0521. The second-order valence-corrected chi connectivity index (χ2v) is 6.39. The Balaban J connectivity index is 3.14. The van der Waals surface area contributed by atoms with Crippen molar-refractivity contribution in [3.63, 3.8) is 0 Å². The first kappa shape index (κ1) is 20.9. The number of unbranched alkanes of at least 4 members (excludes halogenated alkanes) is 2. The molecule has 24 heavy (non-hydrogen) atoms. The monoisotopic (exact) mass is 347 g/mol. The van der Waals surface area contributed by atoms with E-state index in [1.165, 1.54) is 28.1 Å². The van der Waals surface area contributed by atoms with Gasteiger partial charge in [-0.25, -0.2) is 0 Å². The van der Waals surface area contributed by atoms with Crippen LogP contribution in [0.2, 0.25) is 0 Å². The Kier molecular flexibility index (Phi) is 6.77. The average molecular weight is 347 g/mol. The third-order valence-corrected chi connectivity index (χ3v) is 4.45. The Morgan fingerprint density at radius 1 is 1.29 bits per heavy atom. The minimum Gasteiger partial charge on any atom is -0.495 e. The second kappa shape index (κ2) is 7.79. The molecular formula is C16H29NO7. The number of aliphatic hydroxyl groups excluding tert-OH is 2. The SMILES string of the molecule is CCCCC[C@H](O)[C@@](C)(O)[C@@H](O)C1=C(OC)C(C)(O)N(OC)C1=O. The zero-order valence-corrected chi connectivity index (χ0v) is 14.9. The van der Waals surface area contributed by atoms with Crippen LogP contribution in [0.25, 0.3) is 0 Å². The van der Waals surface area contributed by atoms with E-state index >= 15 is 0 Å². The summed E-state index contributed by atoms with van der Waals surface area (Å²) < 4.78 is 5.07. The number of hydroxylamine groups is 2. The molecule has 0 aromatic heterocycles. The lowest BCUT2D eigenvalue weighted by atomic mass is 9.84. The molecule has 1 unspecified atom stereocenters. The van der Waals surface area contributed by atoms with Gasteiger partial charge in [-0.15, -0.1) is 0 Å². The molecule has 0 saturated carbocycles. The fourth-order valence-electron chi connectivity index (χ4n) is 2.91. The molecule has 0 radical (unpaired) electrons. The number of methoxy groups -OCH3 is 1. The summed E-state index contributed by atoms with van der Waals surface area (Å²) in [5, 5.41) is 42.5. The van der Waals surface area contributed by atoms with E-state index in [9.17, 15) is 25.2 Å². The van der Waals surface area contributed by atoms with Crippen molar-refractivity contribution in [3.05, 3.63) is 11.3 Å². The number of carbonyl (C=O) groups excluding carboxylic acids is 1. The number of hydrogen-bond acceptors (Lipinski definition) is 7. The number of carbonyl (C=O) groups is 1. The predicted molar refractivity (Wildman–Crippen MR) is 85.3 cm³/mol. The molecule has 1 amide bonds. The van der Waals surface area contributed by atoms with Gasteiger partial charge in [0.1, 0.15) is 11.7 Å². The van der Waals surface area contributed by atoms with E-state index in [-0.39, 0.29) is 17.8 Å². The first-order valence-electron chi connectivity index (χ1n) is 8.05. The molecule has 8 nitrogen and oxygen atoms in total. The van der Waals surface area contributed by atoms with Crippen molar-refractivity contribution >= 4 is 5.91 Å². The summed E-state index contributed by atoms with van der Waals surface area (Å²) in [6, 6.07) is 0. The summed E-state index contributed by atoms with van der Waals surface area (Å²) in [5.41, 5.74) is -4.27. The molecule has 0 aliphatic carbocycles. The van der Waals surface area contributed by atoms with Crippen LogP contribution in [0.15, 0.2) is 11.3 Å². The number of rotatable bonds is 9. The molecule has 1 aliphatic rings. The van der Waals surface area contributed by atoms with Crippen molar-refractivity contribution in [2.45, 2.75) is 70.0 Å². The second-order valence-electron chi connectivity index (χ2n) is 6.39.